The molecule has 1 aliphatic rings. The Morgan fingerprint density at radius 2 is 1.82 bits per heavy atom. The predicted octanol–water partition coefficient (Wildman–Crippen LogP) is 3.01. The van der Waals surface area contributed by atoms with E-state index in [-0.39, 0.29) is 0 Å². The minimum absolute atomic E-state index is 0.507. The number of nitrogens with one attached hydrogen (secondary N) is 2. The minimum Gasteiger partial charge on any atom is -0.366 e. The SMILES string of the molecule is c1cc(CNc2nncc(NC3CCCCCC3)n2)ccn1. The molecule has 1 saturated carbocycles. The van der Waals surface area contributed by atoms with E-state index < -0.39 is 0 Å². The van der Waals surface area contributed by atoms with Crippen molar-refractivity contribution >= 4 is 11.8 Å². The van der Waals surface area contributed by atoms with E-state index in [2.05, 4.69) is 30.8 Å². The predicted molar refractivity (Wildman–Crippen MR) is 86.5 cm³/mol. The zero-order chi connectivity index (χ0) is 15.0. The molecular formula is C16H22N6. The summed E-state index contributed by atoms with van der Waals surface area (Å²) in [6, 6.07) is 4.44. The molecule has 22 heavy (non-hydrogen) atoms. The van der Waals surface area contributed by atoms with E-state index in [1.807, 2.05) is 12.1 Å². The summed E-state index contributed by atoms with van der Waals surface area (Å²) in [5.41, 5.74) is 1.14. The molecule has 1 aliphatic carbocycles. The van der Waals surface area contributed by atoms with Crippen molar-refractivity contribution < 1.29 is 0 Å². The van der Waals surface area contributed by atoms with Crippen LogP contribution in [0.15, 0.2) is 30.7 Å². The largest absolute Gasteiger partial charge is 0.366 e. The summed E-state index contributed by atoms with van der Waals surface area (Å²) in [4.78, 5) is 8.51. The smallest absolute Gasteiger partial charge is 0.244 e. The highest BCUT2D eigenvalue weighted by Gasteiger charge is 2.12. The second-order valence-corrected chi connectivity index (χ2v) is 5.71. The van der Waals surface area contributed by atoms with Crippen LogP contribution in [0.4, 0.5) is 11.8 Å². The zero-order valence-corrected chi connectivity index (χ0v) is 12.7. The Bertz CT molecular complexity index is 566. The lowest BCUT2D eigenvalue weighted by molar-refractivity contribution is 0.616. The normalized spacial score (nSPS) is 16.0. The van der Waals surface area contributed by atoms with E-state index in [4.69, 9.17) is 0 Å². The van der Waals surface area contributed by atoms with Crippen molar-refractivity contribution in [2.45, 2.75) is 51.1 Å². The fourth-order valence-electron chi connectivity index (χ4n) is 2.76. The fraction of sp³-hybridized carbons (Fsp3) is 0.500. The molecule has 0 saturated heterocycles. The first kappa shape index (κ1) is 14.7. The number of nitrogens with zero attached hydrogens (tertiary/aromatic N) is 4. The third kappa shape index (κ3) is 4.38. The number of anilines is 2. The minimum atomic E-state index is 0.507. The van der Waals surface area contributed by atoms with Gasteiger partial charge in [-0.2, -0.15) is 10.1 Å². The molecule has 0 bridgehead atoms. The quantitative estimate of drug-likeness (QED) is 0.826. The van der Waals surface area contributed by atoms with Crippen LogP contribution >= 0.6 is 0 Å². The van der Waals surface area contributed by atoms with Gasteiger partial charge >= 0.3 is 0 Å². The third-order valence-electron chi connectivity index (χ3n) is 3.97. The van der Waals surface area contributed by atoms with Crippen molar-refractivity contribution in [3.8, 4) is 0 Å². The maximum atomic E-state index is 4.50. The Kier molecular flexibility index (Phi) is 5.13. The van der Waals surface area contributed by atoms with Crippen LogP contribution in [0.25, 0.3) is 0 Å². The van der Waals surface area contributed by atoms with Gasteiger partial charge in [-0.05, 0) is 30.5 Å². The highest BCUT2D eigenvalue weighted by molar-refractivity contribution is 5.38. The van der Waals surface area contributed by atoms with E-state index in [1.165, 1.54) is 38.5 Å². The van der Waals surface area contributed by atoms with E-state index >= 15 is 0 Å². The Labute approximate surface area is 130 Å². The Morgan fingerprint density at radius 1 is 1.05 bits per heavy atom. The van der Waals surface area contributed by atoms with Crippen LogP contribution in [0, 0.1) is 0 Å². The first-order valence-corrected chi connectivity index (χ1v) is 7.99. The monoisotopic (exact) mass is 298 g/mol. The Hall–Kier alpha value is -2.24. The van der Waals surface area contributed by atoms with Crippen LogP contribution in [-0.2, 0) is 6.54 Å². The van der Waals surface area contributed by atoms with Gasteiger partial charge in [-0.1, -0.05) is 25.7 Å². The molecule has 6 nitrogen and oxygen atoms in total. The maximum Gasteiger partial charge on any atom is 0.244 e. The van der Waals surface area contributed by atoms with Gasteiger partial charge in [0, 0.05) is 25.0 Å². The average Bonchev–Trinajstić information content (AvgIpc) is 2.83. The molecule has 0 unspecified atom stereocenters. The van der Waals surface area contributed by atoms with E-state index in [0.717, 1.165) is 11.4 Å². The Balaban J connectivity index is 1.57. The van der Waals surface area contributed by atoms with Gasteiger partial charge in [0.2, 0.25) is 5.95 Å². The van der Waals surface area contributed by atoms with Crippen molar-refractivity contribution in [2.24, 2.45) is 0 Å². The molecule has 116 valence electrons. The number of hydrogen-bond donors (Lipinski definition) is 2. The second-order valence-electron chi connectivity index (χ2n) is 5.71. The van der Waals surface area contributed by atoms with Crippen molar-refractivity contribution in [3.63, 3.8) is 0 Å². The summed E-state index contributed by atoms with van der Waals surface area (Å²) in [6.45, 7) is 0.664. The summed E-state index contributed by atoms with van der Waals surface area (Å²) >= 11 is 0. The number of hydrogen-bond acceptors (Lipinski definition) is 6. The van der Waals surface area contributed by atoms with Gasteiger partial charge in [-0.3, -0.25) is 4.98 Å². The summed E-state index contributed by atoms with van der Waals surface area (Å²) < 4.78 is 0. The van der Waals surface area contributed by atoms with Gasteiger partial charge in [0.05, 0.1) is 6.20 Å². The summed E-state index contributed by atoms with van der Waals surface area (Å²) in [5, 5.41) is 14.8. The first-order chi connectivity index (χ1) is 10.9. The second kappa shape index (κ2) is 7.68. The van der Waals surface area contributed by atoms with E-state index in [1.54, 1.807) is 18.6 Å². The summed E-state index contributed by atoms with van der Waals surface area (Å²) in [7, 11) is 0. The lowest BCUT2D eigenvalue weighted by Gasteiger charge is -2.16. The molecule has 0 amide bonds. The lowest BCUT2D eigenvalue weighted by Crippen LogP contribution is -2.19. The van der Waals surface area contributed by atoms with Crippen molar-refractivity contribution in [3.05, 3.63) is 36.3 Å². The highest BCUT2D eigenvalue weighted by Crippen LogP contribution is 2.20. The lowest BCUT2D eigenvalue weighted by atomic mass is 10.1. The number of aromatic nitrogens is 4. The molecule has 0 aliphatic heterocycles. The molecule has 2 aromatic heterocycles. The van der Waals surface area contributed by atoms with Crippen molar-refractivity contribution in [1.29, 1.82) is 0 Å². The molecule has 0 radical (unpaired) electrons. The number of rotatable bonds is 5. The van der Waals surface area contributed by atoms with E-state index in [0.29, 0.717) is 18.5 Å². The van der Waals surface area contributed by atoms with Gasteiger partial charge in [0.1, 0.15) is 0 Å². The van der Waals surface area contributed by atoms with Gasteiger partial charge in [0.25, 0.3) is 0 Å². The molecule has 3 rings (SSSR count). The van der Waals surface area contributed by atoms with Crippen molar-refractivity contribution in [2.75, 3.05) is 10.6 Å². The van der Waals surface area contributed by atoms with Gasteiger partial charge in [-0.25, -0.2) is 0 Å². The molecule has 2 N–H and O–H groups in total. The van der Waals surface area contributed by atoms with Crippen LogP contribution in [0.1, 0.15) is 44.1 Å². The summed E-state index contributed by atoms with van der Waals surface area (Å²) in [5.74, 6) is 1.36. The van der Waals surface area contributed by atoms with Crippen LogP contribution in [0.5, 0.6) is 0 Å². The average molecular weight is 298 g/mol. The molecule has 6 heteroatoms. The van der Waals surface area contributed by atoms with Gasteiger partial charge in [0.15, 0.2) is 5.82 Å². The third-order valence-corrected chi connectivity index (χ3v) is 3.97. The standard InChI is InChI=1S/C16H22N6/c1-2-4-6-14(5-3-1)20-15-12-19-22-16(21-15)18-11-13-7-9-17-10-8-13/h7-10,12,14H,1-6,11H2,(H2,18,20,21,22). The fourth-order valence-corrected chi connectivity index (χ4v) is 2.76. The van der Waals surface area contributed by atoms with Crippen LogP contribution in [0.2, 0.25) is 0 Å². The van der Waals surface area contributed by atoms with Gasteiger partial charge in [-0.15, -0.1) is 5.10 Å². The van der Waals surface area contributed by atoms with Crippen LogP contribution in [-0.4, -0.2) is 26.2 Å². The molecule has 0 aromatic carbocycles. The van der Waals surface area contributed by atoms with Gasteiger partial charge < -0.3 is 10.6 Å². The van der Waals surface area contributed by atoms with E-state index in [9.17, 15) is 0 Å². The molecule has 2 heterocycles. The maximum absolute atomic E-state index is 4.50. The first-order valence-electron chi connectivity index (χ1n) is 7.99. The highest BCUT2D eigenvalue weighted by atomic mass is 15.3. The summed E-state index contributed by atoms with van der Waals surface area (Å²) in [6.07, 6.45) is 13.0. The number of pyridine rings is 1. The molecule has 2 aromatic rings. The molecular weight excluding hydrogens is 276 g/mol. The van der Waals surface area contributed by atoms with Crippen LogP contribution < -0.4 is 10.6 Å². The van der Waals surface area contributed by atoms with Crippen LogP contribution in [0.3, 0.4) is 0 Å². The zero-order valence-electron chi connectivity index (χ0n) is 12.7. The Morgan fingerprint density at radius 3 is 2.59 bits per heavy atom. The molecule has 1 fully saturated rings. The molecule has 0 spiro atoms. The topological polar surface area (TPSA) is 75.6 Å². The molecule has 0 atom stereocenters. The van der Waals surface area contributed by atoms with Crippen molar-refractivity contribution in [1.82, 2.24) is 20.2 Å².